The number of anilines is 2. The van der Waals surface area contributed by atoms with Crippen molar-refractivity contribution >= 4 is 55.6 Å². The Bertz CT molecular complexity index is 1510. The molecule has 1 spiro atoms. The van der Waals surface area contributed by atoms with Gasteiger partial charge in [0.15, 0.2) is 10.8 Å². The largest absolute Gasteiger partial charge is 0.292 e. The molecule has 0 aliphatic carbocycles. The molecule has 0 radical (unpaired) electrons. The molecule has 36 heavy (non-hydrogen) atoms. The zero-order valence-electron chi connectivity index (χ0n) is 19.4. The van der Waals surface area contributed by atoms with Crippen molar-refractivity contribution in [3.8, 4) is 0 Å². The Hall–Kier alpha value is -3.68. The summed E-state index contributed by atoms with van der Waals surface area (Å²) < 4.78 is 1.01. The van der Waals surface area contributed by atoms with E-state index in [1.807, 2.05) is 94.9 Å². The zero-order valence-corrected chi connectivity index (χ0v) is 21.8. The molecule has 0 amide bonds. The van der Waals surface area contributed by atoms with Gasteiger partial charge in [0.2, 0.25) is 4.99 Å². The number of halogens is 1. The summed E-state index contributed by atoms with van der Waals surface area (Å²) in [5, 5.41) is 14.5. The fourth-order valence-corrected chi connectivity index (χ4v) is 6.09. The van der Waals surface area contributed by atoms with Crippen LogP contribution in [-0.4, -0.2) is 16.5 Å². The number of carbonyl (C=O) groups excluding carboxylic acids is 1. The van der Waals surface area contributed by atoms with Gasteiger partial charge in [-0.3, -0.25) is 4.79 Å². The minimum Gasteiger partial charge on any atom is -0.292 e. The molecule has 1 atom stereocenters. The van der Waals surface area contributed by atoms with Gasteiger partial charge in [-0.25, -0.2) is 10.0 Å². The number of hydrazone groups is 2. The minimum absolute atomic E-state index is 0.0778. The smallest absolute Gasteiger partial charge is 0.234 e. The lowest BCUT2D eigenvalue weighted by Gasteiger charge is -2.47. The van der Waals surface area contributed by atoms with Crippen molar-refractivity contribution in [2.45, 2.75) is 11.9 Å². The molecule has 6 rings (SSSR count). The first kappa shape index (κ1) is 22.8. The Kier molecular flexibility index (Phi) is 5.74. The predicted molar refractivity (Wildman–Crippen MR) is 151 cm³/mol. The summed E-state index contributed by atoms with van der Waals surface area (Å²) in [5.74, 6) is -0.0778. The molecule has 176 valence electrons. The van der Waals surface area contributed by atoms with Crippen molar-refractivity contribution in [1.29, 1.82) is 0 Å². The molecule has 0 unspecified atom stereocenters. The van der Waals surface area contributed by atoms with Crippen molar-refractivity contribution in [3.63, 3.8) is 0 Å². The molecule has 0 saturated heterocycles. The lowest BCUT2D eigenvalue weighted by Crippen LogP contribution is -2.54. The van der Waals surface area contributed by atoms with Crippen LogP contribution in [0.15, 0.2) is 124 Å². The third-order valence-corrected chi connectivity index (χ3v) is 8.10. The van der Waals surface area contributed by atoms with Crippen LogP contribution in [0.1, 0.15) is 23.6 Å². The second kappa shape index (κ2) is 9.08. The van der Waals surface area contributed by atoms with Crippen LogP contribution in [0.25, 0.3) is 0 Å². The number of ketones is 1. The lowest BCUT2D eigenvalue weighted by molar-refractivity contribution is -0.110. The highest BCUT2D eigenvalue weighted by Gasteiger charge is 2.55. The van der Waals surface area contributed by atoms with Gasteiger partial charge in [-0.15, -0.1) is 0 Å². The molecule has 5 nitrogen and oxygen atoms in total. The molecular weight excluding hydrogens is 532 g/mol. The van der Waals surface area contributed by atoms with Crippen molar-refractivity contribution in [2.75, 3.05) is 10.0 Å². The van der Waals surface area contributed by atoms with E-state index in [1.165, 1.54) is 11.8 Å². The summed E-state index contributed by atoms with van der Waals surface area (Å²) in [6.07, 6.45) is 0. The number of nitrogens with zero attached hydrogens (tertiary/aromatic N) is 4. The van der Waals surface area contributed by atoms with E-state index in [4.69, 9.17) is 10.2 Å². The molecule has 0 N–H and O–H groups in total. The molecule has 7 heteroatoms. The Morgan fingerprint density at radius 2 is 1.31 bits per heavy atom. The molecule has 0 saturated carbocycles. The van der Waals surface area contributed by atoms with Crippen molar-refractivity contribution < 1.29 is 4.79 Å². The highest BCUT2D eigenvalue weighted by Crippen LogP contribution is 2.54. The van der Waals surface area contributed by atoms with Gasteiger partial charge in [0.25, 0.3) is 0 Å². The summed E-state index contributed by atoms with van der Waals surface area (Å²) in [6.45, 7) is 1.56. The maximum absolute atomic E-state index is 12.7. The number of hydrogen-bond donors (Lipinski definition) is 0. The van der Waals surface area contributed by atoms with Crippen molar-refractivity contribution in [2.24, 2.45) is 10.2 Å². The van der Waals surface area contributed by atoms with Gasteiger partial charge in [-0.1, -0.05) is 88.7 Å². The fourth-order valence-electron chi connectivity index (χ4n) is 4.54. The maximum Gasteiger partial charge on any atom is 0.234 e. The second-order valence-electron chi connectivity index (χ2n) is 8.47. The molecule has 2 aliphatic heterocycles. The average molecular weight is 553 g/mol. The first-order valence-corrected chi connectivity index (χ1v) is 13.1. The predicted octanol–water partition coefficient (Wildman–Crippen LogP) is 6.99. The van der Waals surface area contributed by atoms with E-state index in [9.17, 15) is 4.79 Å². The van der Waals surface area contributed by atoms with Crippen LogP contribution in [0.5, 0.6) is 0 Å². The quantitative estimate of drug-likeness (QED) is 0.274. The van der Waals surface area contributed by atoms with Crippen LogP contribution in [0, 0.1) is 0 Å². The summed E-state index contributed by atoms with van der Waals surface area (Å²) in [6, 6.07) is 36.4. The lowest BCUT2D eigenvalue weighted by atomic mass is 9.93. The van der Waals surface area contributed by atoms with Gasteiger partial charge in [0.05, 0.1) is 17.1 Å². The van der Waals surface area contributed by atoms with E-state index >= 15 is 0 Å². The van der Waals surface area contributed by atoms with Gasteiger partial charge in [-0.2, -0.15) is 10.2 Å². The van der Waals surface area contributed by atoms with E-state index < -0.39 is 4.99 Å². The van der Waals surface area contributed by atoms with E-state index in [2.05, 4.69) is 40.2 Å². The van der Waals surface area contributed by atoms with Crippen LogP contribution in [0.4, 0.5) is 11.4 Å². The van der Waals surface area contributed by atoms with Gasteiger partial charge in [0.1, 0.15) is 0 Å². The third-order valence-electron chi connectivity index (χ3n) is 6.16. The molecule has 0 aromatic heterocycles. The van der Waals surface area contributed by atoms with E-state index in [1.54, 1.807) is 6.92 Å². The fraction of sp³-hybridized carbons (Fsp3) is 0.0690. The van der Waals surface area contributed by atoms with Crippen molar-refractivity contribution in [1.82, 2.24) is 0 Å². The van der Waals surface area contributed by atoms with Crippen LogP contribution in [0.3, 0.4) is 0 Å². The number of rotatable bonds is 4. The summed E-state index contributed by atoms with van der Waals surface area (Å²) in [4.78, 5) is 11.8. The maximum atomic E-state index is 12.7. The van der Waals surface area contributed by atoms with Crippen LogP contribution in [-0.2, 0) is 9.79 Å². The zero-order chi connectivity index (χ0) is 24.7. The number of thioether (sulfide) groups is 1. The molecule has 2 heterocycles. The topological polar surface area (TPSA) is 48.3 Å². The standard InChI is InChI=1S/C29H21BrN4OS/c1-20(35)28-32-34(24-12-6-3-7-13-24)29(36-28)26-15-9-8-14-25(26)27(21-16-18-22(30)19-17-21)31-33(29)23-10-4-2-5-11-23/h2-19H,1H3/t29-/m0/s1. The summed E-state index contributed by atoms with van der Waals surface area (Å²) in [5.41, 5.74) is 5.64. The third kappa shape index (κ3) is 3.67. The van der Waals surface area contributed by atoms with Crippen LogP contribution >= 0.6 is 27.7 Å². The van der Waals surface area contributed by atoms with Gasteiger partial charge in [-0.05, 0) is 48.2 Å². The van der Waals surface area contributed by atoms with E-state index in [0.29, 0.717) is 5.04 Å². The Morgan fingerprint density at radius 3 is 1.92 bits per heavy atom. The molecule has 0 bridgehead atoms. The molecule has 4 aromatic carbocycles. The molecule has 0 fully saturated rings. The molecule has 2 aliphatic rings. The van der Waals surface area contributed by atoms with Gasteiger partial charge in [0, 0.05) is 28.1 Å². The monoisotopic (exact) mass is 552 g/mol. The first-order valence-electron chi connectivity index (χ1n) is 11.5. The first-order chi connectivity index (χ1) is 17.6. The van der Waals surface area contributed by atoms with E-state index in [0.717, 1.165) is 38.2 Å². The van der Waals surface area contributed by atoms with Crippen LogP contribution < -0.4 is 10.0 Å². The van der Waals surface area contributed by atoms with Gasteiger partial charge >= 0.3 is 0 Å². The SMILES string of the molecule is CC(=O)C1=NN(c2ccccc2)[C@]2(S1)c1ccccc1C(c1ccc(Br)cc1)=NN2c1ccccc1. The number of Topliss-reactive ketones (excluding diaryl/α,β-unsaturated/α-hetero) is 1. The summed E-state index contributed by atoms with van der Waals surface area (Å²) >= 11 is 4.97. The Balaban J connectivity index is 1.66. The number of carbonyl (C=O) groups is 1. The second-order valence-corrected chi connectivity index (χ2v) is 10.5. The number of hydrogen-bond acceptors (Lipinski definition) is 6. The Labute approximate surface area is 222 Å². The normalized spacial score (nSPS) is 18.6. The highest BCUT2D eigenvalue weighted by molar-refractivity contribution is 9.10. The molecular formula is C29H21BrN4OS. The molecule has 4 aromatic rings. The Morgan fingerprint density at radius 1 is 0.750 bits per heavy atom. The van der Waals surface area contributed by atoms with Crippen LogP contribution in [0.2, 0.25) is 0 Å². The van der Waals surface area contributed by atoms with E-state index in [-0.39, 0.29) is 5.78 Å². The number of para-hydroxylation sites is 2. The van der Waals surface area contributed by atoms with Gasteiger partial charge < -0.3 is 0 Å². The van der Waals surface area contributed by atoms with Crippen molar-refractivity contribution in [3.05, 3.63) is 130 Å². The highest BCUT2D eigenvalue weighted by atomic mass is 79.9. The number of benzene rings is 4. The number of fused-ring (bicyclic) bond motifs is 2. The minimum atomic E-state index is -0.931. The average Bonchev–Trinajstić information content (AvgIpc) is 3.32. The summed E-state index contributed by atoms with van der Waals surface area (Å²) in [7, 11) is 0.